The normalized spacial score (nSPS) is 10.7. The minimum absolute atomic E-state index is 0.0812. The third-order valence-electron chi connectivity index (χ3n) is 3.50. The van der Waals surface area contributed by atoms with Crippen LogP contribution in [0.3, 0.4) is 0 Å². The molecular weight excluding hydrogens is 300 g/mol. The van der Waals surface area contributed by atoms with Crippen LogP contribution in [0, 0.1) is 11.6 Å². The van der Waals surface area contributed by atoms with Crippen LogP contribution in [0.1, 0.15) is 11.3 Å². The summed E-state index contributed by atoms with van der Waals surface area (Å²) in [5.41, 5.74) is 1.95. The molecule has 2 amide bonds. The molecule has 0 aliphatic rings. The van der Waals surface area contributed by atoms with Crippen molar-refractivity contribution in [3.63, 3.8) is 0 Å². The first kappa shape index (κ1) is 15.0. The Bertz CT molecular complexity index is 812. The number of aromatic amines is 1. The number of hydrogen-bond acceptors (Lipinski definition) is 1. The Morgan fingerprint density at radius 1 is 1.00 bits per heavy atom. The number of amides is 2. The van der Waals surface area contributed by atoms with Gasteiger partial charge in [-0.05, 0) is 23.6 Å². The predicted octanol–water partition coefficient (Wildman–Crippen LogP) is 3.45. The molecule has 118 valence electrons. The van der Waals surface area contributed by atoms with Gasteiger partial charge in [-0.1, -0.05) is 30.3 Å². The number of hydrogen-bond donors (Lipinski definition) is 3. The zero-order valence-corrected chi connectivity index (χ0v) is 12.2. The highest BCUT2D eigenvalue weighted by Gasteiger charge is 2.09. The van der Waals surface area contributed by atoms with Crippen molar-refractivity contribution in [3.8, 4) is 0 Å². The van der Waals surface area contributed by atoms with Crippen LogP contribution < -0.4 is 10.6 Å². The van der Waals surface area contributed by atoms with E-state index in [1.54, 1.807) is 0 Å². The molecule has 3 aromatic rings. The fraction of sp³-hybridized carbons (Fsp3) is 0.118. The van der Waals surface area contributed by atoms with Crippen LogP contribution >= 0.6 is 0 Å². The van der Waals surface area contributed by atoms with Crippen LogP contribution in [0.25, 0.3) is 10.9 Å². The molecular formula is C17H15F2N3O. The highest BCUT2D eigenvalue weighted by Crippen LogP contribution is 2.14. The molecule has 4 nitrogen and oxygen atoms in total. The van der Waals surface area contributed by atoms with Crippen LogP contribution in [-0.4, -0.2) is 11.0 Å². The number of benzene rings is 2. The van der Waals surface area contributed by atoms with Gasteiger partial charge in [0.05, 0.1) is 6.54 Å². The smallest absolute Gasteiger partial charge is 0.315 e. The van der Waals surface area contributed by atoms with Gasteiger partial charge in [0.25, 0.3) is 0 Å². The standard InChI is InChI=1S/C17H15F2N3O/c18-14-6-3-5-12(16(14)19)9-20-17(23)21-10-13-8-11-4-1-2-7-15(11)22-13/h1-8,22H,9-10H2,(H2,20,21,23). The first-order valence-electron chi connectivity index (χ1n) is 7.15. The Hall–Kier alpha value is -2.89. The molecule has 2 aromatic carbocycles. The predicted molar refractivity (Wildman–Crippen MR) is 83.7 cm³/mol. The van der Waals surface area contributed by atoms with Crippen molar-refractivity contribution >= 4 is 16.9 Å². The van der Waals surface area contributed by atoms with E-state index in [0.29, 0.717) is 6.54 Å². The van der Waals surface area contributed by atoms with Crippen molar-refractivity contribution in [1.82, 2.24) is 15.6 Å². The Kier molecular flexibility index (Phi) is 4.23. The lowest BCUT2D eigenvalue weighted by molar-refractivity contribution is 0.240. The summed E-state index contributed by atoms with van der Waals surface area (Å²) in [5.74, 6) is -1.87. The van der Waals surface area contributed by atoms with Crippen molar-refractivity contribution in [2.75, 3.05) is 0 Å². The summed E-state index contributed by atoms with van der Waals surface area (Å²) in [4.78, 5) is 14.9. The van der Waals surface area contributed by atoms with Crippen molar-refractivity contribution in [2.45, 2.75) is 13.1 Å². The van der Waals surface area contributed by atoms with Gasteiger partial charge >= 0.3 is 6.03 Å². The maximum Gasteiger partial charge on any atom is 0.315 e. The van der Waals surface area contributed by atoms with Gasteiger partial charge in [-0.2, -0.15) is 0 Å². The van der Waals surface area contributed by atoms with Crippen LogP contribution in [0.4, 0.5) is 13.6 Å². The van der Waals surface area contributed by atoms with Gasteiger partial charge in [-0.3, -0.25) is 0 Å². The summed E-state index contributed by atoms with van der Waals surface area (Å²) < 4.78 is 26.5. The third-order valence-corrected chi connectivity index (χ3v) is 3.50. The van der Waals surface area contributed by atoms with E-state index in [4.69, 9.17) is 0 Å². The van der Waals surface area contributed by atoms with Crippen molar-refractivity contribution in [2.24, 2.45) is 0 Å². The molecule has 0 saturated carbocycles. The monoisotopic (exact) mass is 315 g/mol. The molecule has 0 unspecified atom stereocenters. The molecule has 0 saturated heterocycles. The van der Waals surface area contributed by atoms with Gasteiger partial charge in [0, 0.05) is 23.3 Å². The summed E-state index contributed by atoms with van der Waals surface area (Å²) in [7, 11) is 0. The van der Waals surface area contributed by atoms with Gasteiger partial charge < -0.3 is 15.6 Å². The number of urea groups is 1. The molecule has 23 heavy (non-hydrogen) atoms. The van der Waals surface area contributed by atoms with Gasteiger partial charge in [-0.25, -0.2) is 13.6 Å². The van der Waals surface area contributed by atoms with Crippen LogP contribution in [0.5, 0.6) is 0 Å². The van der Waals surface area contributed by atoms with Crippen LogP contribution in [-0.2, 0) is 13.1 Å². The molecule has 3 N–H and O–H groups in total. The number of carbonyl (C=O) groups excluding carboxylic acids is 1. The molecule has 1 aromatic heterocycles. The molecule has 1 heterocycles. The van der Waals surface area contributed by atoms with Gasteiger partial charge in [-0.15, -0.1) is 0 Å². The fourth-order valence-electron chi connectivity index (χ4n) is 2.33. The molecule has 3 rings (SSSR count). The van der Waals surface area contributed by atoms with Crippen LogP contribution in [0.2, 0.25) is 0 Å². The first-order chi connectivity index (χ1) is 11.1. The number of para-hydroxylation sites is 1. The average Bonchev–Trinajstić information content (AvgIpc) is 2.97. The molecule has 0 atom stereocenters. The molecule has 0 bridgehead atoms. The molecule has 6 heteroatoms. The molecule has 0 spiro atoms. The summed E-state index contributed by atoms with van der Waals surface area (Å²) >= 11 is 0. The van der Waals surface area contributed by atoms with E-state index < -0.39 is 17.7 Å². The van der Waals surface area contributed by atoms with E-state index in [9.17, 15) is 13.6 Å². The Balaban J connectivity index is 1.54. The maximum absolute atomic E-state index is 13.5. The van der Waals surface area contributed by atoms with Gasteiger partial charge in [0.2, 0.25) is 0 Å². The Labute approximate surface area is 131 Å². The molecule has 0 fully saturated rings. The molecule has 0 radical (unpaired) electrons. The summed E-state index contributed by atoms with van der Waals surface area (Å²) in [6.45, 7) is 0.230. The average molecular weight is 315 g/mol. The van der Waals surface area contributed by atoms with E-state index in [-0.39, 0.29) is 12.1 Å². The maximum atomic E-state index is 13.5. The highest BCUT2D eigenvalue weighted by molar-refractivity contribution is 5.80. The SMILES string of the molecule is O=C(NCc1cc2ccccc2[nH]1)NCc1cccc(F)c1F. The number of nitrogens with one attached hydrogen (secondary N) is 3. The molecule has 0 aliphatic heterocycles. The second-order valence-electron chi connectivity index (χ2n) is 5.13. The topological polar surface area (TPSA) is 56.9 Å². The molecule has 0 aliphatic carbocycles. The quantitative estimate of drug-likeness (QED) is 0.678. The number of rotatable bonds is 4. The number of fused-ring (bicyclic) bond motifs is 1. The summed E-state index contributed by atoms with van der Waals surface area (Å²) in [6.07, 6.45) is 0. The number of H-pyrrole nitrogens is 1. The first-order valence-corrected chi connectivity index (χ1v) is 7.15. The van der Waals surface area contributed by atoms with Crippen LogP contribution in [0.15, 0.2) is 48.5 Å². The summed E-state index contributed by atoms with van der Waals surface area (Å²) in [5, 5.41) is 6.23. The largest absolute Gasteiger partial charge is 0.357 e. The number of carbonyl (C=O) groups is 1. The Morgan fingerprint density at radius 3 is 2.61 bits per heavy atom. The van der Waals surface area contributed by atoms with E-state index in [0.717, 1.165) is 22.7 Å². The van der Waals surface area contributed by atoms with E-state index in [1.807, 2.05) is 30.3 Å². The van der Waals surface area contributed by atoms with Gasteiger partial charge in [0.1, 0.15) is 0 Å². The van der Waals surface area contributed by atoms with E-state index >= 15 is 0 Å². The van der Waals surface area contributed by atoms with Crippen molar-refractivity contribution in [1.29, 1.82) is 0 Å². The lowest BCUT2D eigenvalue weighted by atomic mass is 10.2. The highest BCUT2D eigenvalue weighted by atomic mass is 19.2. The Morgan fingerprint density at radius 2 is 1.78 bits per heavy atom. The lowest BCUT2D eigenvalue weighted by Gasteiger charge is -2.08. The lowest BCUT2D eigenvalue weighted by Crippen LogP contribution is -2.34. The second-order valence-corrected chi connectivity index (χ2v) is 5.13. The zero-order chi connectivity index (χ0) is 16.2. The summed E-state index contributed by atoms with van der Waals surface area (Å²) in [6, 6.07) is 13.1. The van der Waals surface area contributed by atoms with E-state index in [1.165, 1.54) is 12.1 Å². The van der Waals surface area contributed by atoms with Gasteiger partial charge in [0.15, 0.2) is 11.6 Å². The third kappa shape index (κ3) is 3.48. The van der Waals surface area contributed by atoms with Crippen molar-refractivity contribution < 1.29 is 13.6 Å². The van der Waals surface area contributed by atoms with Crippen molar-refractivity contribution in [3.05, 3.63) is 71.4 Å². The fourth-order valence-corrected chi connectivity index (χ4v) is 2.33. The number of halogens is 2. The van der Waals surface area contributed by atoms with E-state index in [2.05, 4.69) is 15.6 Å². The minimum atomic E-state index is -0.941. The number of aromatic nitrogens is 1. The second kappa shape index (κ2) is 6.48. The zero-order valence-electron chi connectivity index (χ0n) is 12.2. The minimum Gasteiger partial charge on any atom is -0.357 e.